The zero-order chi connectivity index (χ0) is 16.9. The fourth-order valence-corrected chi connectivity index (χ4v) is 2.75. The maximum Gasteiger partial charge on any atom is 0.237 e. The maximum atomic E-state index is 12.9. The third-order valence-corrected chi connectivity index (χ3v) is 4.16. The number of carbonyl (C=O) groups is 1. The van der Waals surface area contributed by atoms with Gasteiger partial charge in [-0.2, -0.15) is 5.10 Å². The second-order valence-corrected chi connectivity index (χ2v) is 5.82. The van der Waals surface area contributed by atoms with Gasteiger partial charge in [0.2, 0.25) is 5.91 Å². The summed E-state index contributed by atoms with van der Waals surface area (Å²) in [4.78, 5) is 12.1. The molecule has 1 amide bonds. The molecule has 2 heterocycles. The van der Waals surface area contributed by atoms with Gasteiger partial charge in [0.15, 0.2) is 0 Å². The zero-order valence-electron chi connectivity index (χ0n) is 13.5. The fraction of sp³-hybridized carbons (Fsp3) is 0.412. The summed E-state index contributed by atoms with van der Waals surface area (Å²) >= 11 is 0. The van der Waals surface area contributed by atoms with Gasteiger partial charge in [0.25, 0.3) is 0 Å². The molecule has 0 aliphatic carbocycles. The van der Waals surface area contributed by atoms with Crippen LogP contribution in [-0.4, -0.2) is 48.0 Å². The van der Waals surface area contributed by atoms with E-state index in [-0.39, 0.29) is 23.9 Å². The Hall–Kier alpha value is -2.25. The Morgan fingerprint density at radius 2 is 2.21 bits per heavy atom. The monoisotopic (exact) mass is 332 g/mol. The lowest BCUT2D eigenvalue weighted by Crippen LogP contribution is -2.41. The predicted octanol–water partition coefficient (Wildman–Crippen LogP) is 1.05. The van der Waals surface area contributed by atoms with Crippen molar-refractivity contribution in [3.63, 3.8) is 0 Å². The van der Waals surface area contributed by atoms with Gasteiger partial charge >= 0.3 is 0 Å². The zero-order valence-corrected chi connectivity index (χ0v) is 13.5. The first kappa shape index (κ1) is 16.6. The summed E-state index contributed by atoms with van der Waals surface area (Å²) in [5.41, 5.74) is 1.67. The van der Waals surface area contributed by atoms with Crippen LogP contribution in [0.25, 0.3) is 5.69 Å². The topological polar surface area (TPSA) is 68.2 Å². The van der Waals surface area contributed by atoms with E-state index in [0.717, 1.165) is 11.4 Å². The molecular formula is C17H21FN4O2. The first-order valence-corrected chi connectivity index (χ1v) is 8.00. The van der Waals surface area contributed by atoms with Crippen molar-refractivity contribution in [2.75, 3.05) is 20.2 Å². The summed E-state index contributed by atoms with van der Waals surface area (Å²) in [5, 5.41) is 10.5. The summed E-state index contributed by atoms with van der Waals surface area (Å²) in [5.74, 6) is -0.280. The first-order chi connectivity index (χ1) is 11.7. The minimum atomic E-state index is -0.273. The molecule has 1 aliphatic rings. The standard InChI is InChI=1S/C17H21FN4O2/c1-24-15-10-16(20-11-15)17(23)19-8-6-13-7-9-22(21-13)14-4-2-12(18)3-5-14/h2-5,7,9,15-16,20H,6,8,10-11H2,1H3,(H,19,23)/t15-,16+/m0/s1. The molecule has 2 atom stereocenters. The number of benzene rings is 1. The van der Waals surface area contributed by atoms with Crippen molar-refractivity contribution >= 4 is 5.91 Å². The largest absolute Gasteiger partial charge is 0.380 e. The molecule has 1 saturated heterocycles. The second kappa shape index (κ2) is 7.55. The molecule has 0 saturated carbocycles. The normalized spacial score (nSPS) is 20.2. The summed E-state index contributed by atoms with van der Waals surface area (Å²) in [6, 6.07) is 7.85. The van der Waals surface area contributed by atoms with Gasteiger partial charge in [-0.25, -0.2) is 9.07 Å². The van der Waals surface area contributed by atoms with E-state index in [0.29, 0.717) is 25.9 Å². The summed E-state index contributed by atoms with van der Waals surface area (Å²) in [7, 11) is 1.66. The molecule has 7 heteroatoms. The highest BCUT2D eigenvalue weighted by Crippen LogP contribution is 2.10. The van der Waals surface area contributed by atoms with E-state index >= 15 is 0 Å². The van der Waals surface area contributed by atoms with Crippen LogP contribution in [0.4, 0.5) is 4.39 Å². The molecule has 0 spiro atoms. The van der Waals surface area contributed by atoms with Gasteiger partial charge in [0.1, 0.15) is 5.82 Å². The van der Waals surface area contributed by atoms with Gasteiger partial charge in [-0.3, -0.25) is 4.79 Å². The van der Waals surface area contributed by atoms with Crippen LogP contribution in [-0.2, 0) is 16.0 Å². The molecule has 6 nitrogen and oxygen atoms in total. The van der Waals surface area contributed by atoms with E-state index < -0.39 is 0 Å². The van der Waals surface area contributed by atoms with Crippen molar-refractivity contribution in [3.8, 4) is 5.69 Å². The van der Waals surface area contributed by atoms with Crippen LogP contribution in [0.2, 0.25) is 0 Å². The van der Waals surface area contributed by atoms with Crippen LogP contribution >= 0.6 is 0 Å². The Kier molecular flexibility index (Phi) is 5.22. The summed E-state index contributed by atoms with van der Waals surface area (Å²) in [6.45, 7) is 1.23. The number of methoxy groups -OCH3 is 1. The Bertz CT molecular complexity index is 686. The van der Waals surface area contributed by atoms with Gasteiger partial charge < -0.3 is 15.4 Å². The lowest BCUT2D eigenvalue weighted by Gasteiger charge is -2.10. The van der Waals surface area contributed by atoms with Crippen LogP contribution in [0, 0.1) is 5.82 Å². The van der Waals surface area contributed by atoms with Crippen molar-refractivity contribution in [3.05, 3.63) is 48.0 Å². The first-order valence-electron chi connectivity index (χ1n) is 8.00. The number of carbonyl (C=O) groups excluding carboxylic acids is 1. The van der Waals surface area contributed by atoms with Gasteiger partial charge in [-0.1, -0.05) is 0 Å². The number of aromatic nitrogens is 2. The molecule has 2 aromatic rings. The molecule has 3 rings (SSSR count). The number of nitrogens with zero attached hydrogens (tertiary/aromatic N) is 2. The van der Waals surface area contributed by atoms with Crippen LogP contribution in [0.1, 0.15) is 12.1 Å². The third kappa shape index (κ3) is 3.98. The Balaban J connectivity index is 1.47. The molecule has 2 N–H and O–H groups in total. The van der Waals surface area contributed by atoms with E-state index in [2.05, 4.69) is 15.7 Å². The number of hydrogen-bond donors (Lipinski definition) is 2. The average Bonchev–Trinajstić information content (AvgIpc) is 3.24. The number of ether oxygens (including phenoxy) is 1. The number of amides is 1. The maximum absolute atomic E-state index is 12.9. The highest BCUT2D eigenvalue weighted by Gasteiger charge is 2.28. The summed E-state index contributed by atoms with van der Waals surface area (Å²) < 4.78 is 19.9. The molecule has 0 unspecified atom stereocenters. The minimum Gasteiger partial charge on any atom is -0.380 e. The van der Waals surface area contributed by atoms with Gasteiger partial charge in [0, 0.05) is 32.8 Å². The summed E-state index contributed by atoms with van der Waals surface area (Å²) in [6.07, 6.45) is 3.26. The number of halogens is 1. The number of hydrogen-bond acceptors (Lipinski definition) is 4. The molecule has 1 aromatic heterocycles. The van der Waals surface area contributed by atoms with Crippen LogP contribution in [0.3, 0.4) is 0 Å². The Labute approximate surface area is 140 Å². The molecule has 1 aromatic carbocycles. The van der Waals surface area contributed by atoms with Crippen molar-refractivity contribution in [2.24, 2.45) is 0 Å². The Morgan fingerprint density at radius 1 is 1.42 bits per heavy atom. The molecule has 0 radical (unpaired) electrons. The van der Waals surface area contributed by atoms with E-state index in [4.69, 9.17) is 4.74 Å². The minimum absolute atomic E-state index is 0.00693. The van der Waals surface area contributed by atoms with E-state index in [1.165, 1.54) is 12.1 Å². The SMILES string of the molecule is CO[C@@H]1CN[C@@H](C(=O)NCCc2ccn(-c3ccc(F)cc3)n2)C1. The average molecular weight is 332 g/mol. The van der Waals surface area contributed by atoms with Crippen molar-refractivity contribution in [1.82, 2.24) is 20.4 Å². The predicted molar refractivity (Wildman–Crippen MR) is 87.4 cm³/mol. The van der Waals surface area contributed by atoms with Crippen molar-refractivity contribution in [2.45, 2.75) is 25.0 Å². The van der Waals surface area contributed by atoms with Crippen molar-refractivity contribution in [1.29, 1.82) is 0 Å². The number of rotatable bonds is 6. The molecular weight excluding hydrogens is 311 g/mol. The van der Waals surface area contributed by atoms with Crippen molar-refractivity contribution < 1.29 is 13.9 Å². The van der Waals surface area contributed by atoms with E-state index in [9.17, 15) is 9.18 Å². The van der Waals surface area contributed by atoms with Gasteiger partial charge in [0.05, 0.1) is 23.5 Å². The lowest BCUT2D eigenvalue weighted by atomic mass is 10.2. The van der Waals surface area contributed by atoms with Crippen LogP contribution < -0.4 is 10.6 Å². The Morgan fingerprint density at radius 3 is 2.92 bits per heavy atom. The molecule has 0 bridgehead atoms. The van der Waals surface area contributed by atoms with Crippen LogP contribution in [0.15, 0.2) is 36.5 Å². The van der Waals surface area contributed by atoms with E-state index in [1.54, 1.807) is 23.9 Å². The lowest BCUT2D eigenvalue weighted by molar-refractivity contribution is -0.122. The highest BCUT2D eigenvalue weighted by molar-refractivity contribution is 5.82. The highest BCUT2D eigenvalue weighted by atomic mass is 19.1. The second-order valence-electron chi connectivity index (χ2n) is 5.82. The van der Waals surface area contributed by atoms with E-state index in [1.807, 2.05) is 12.3 Å². The fourth-order valence-electron chi connectivity index (χ4n) is 2.75. The molecule has 1 aliphatic heterocycles. The molecule has 24 heavy (non-hydrogen) atoms. The smallest absolute Gasteiger partial charge is 0.237 e. The van der Waals surface area contributed by atoms with Gasteiger partial charge in [-0.05, 0) is 36.8 Å². The third-order valence-electron chi connectivity index (χ3n) is 4.16. The molecule has 1 fully saturated rings. The molecule has 128 valence electrons. The van der Waals surface area contributed by atoms with Crippen LogP contribution in [0.5, 0.6) is 0 Å². The van der Waals surface area contributed by atoms with Gasteiger partial charge in [-0.15, -0.1) is 0 Å². The quantitative estimate of drug-likeness (QED) is 0.830. The number of nitrogens with one attached hydrogen (secondary N) is 2.